The SMILES string of the molecule is CC(C)CCc1ncc(Br)c(Cl)n1. The van der Waals surface area contributed by atoms with Crippen LogP contribution < -0.4 is 0 Å². The molecule has 0 spiro atoms. The van der Waals surface area contributed by atoms with E-state index in [1.165, 1.54) is 0 Å². The summed E-state index contributed by atoms with van der Waals surface area (Å²) in [5, 5.41) is 0.494. The highest BCUT2D eigenvalue weighted by atomic mass is 79.9. The minimum Gasteiger partial charge on any atom is -0.240 e. The fourth-order valence-electron chi connectivity index (χ4n) is 0.918. The van der Waals surface area contributed by atoms with Gasteiger partial charge in [-0.25, -0.2) is 9.97 Å². The zero-order chi connectivity index (χ0) is 9.84. The van der Waals surface area contributed by atoms with E-state index < -0.39 is 0 Å². The Balaban J connectivity index is 2.63. The van der Waals surface area contributed by atoms with Crippen LogP contribution in [-0.2, 0) is 6.42 Å². The topological polar surface area (TPSA) is 25.8 Å². The second-order valence-electron chi connectivity index (χ2n) is 3.36. The molecule has 0 atom stereocenters. The Kier molecular flexibility index (Phi) is 4.13. The minimum atomic E-state index is 0.494. The van der Waals surface area contributed by atoms with Gasteiger partial charge in [-0.1, -0.05) is 25.4 Å². The Morgan fingerprint density at radius 1 is 1.54 bits per heavy atom. The predicted octanol–water partition coefficient (Wildman–Crippen LogP) is 3.48. The number of nitrogens with zero attached hydrogens (tertiary/aromatic N) is 2. The number of aryl methyl sites for hydroxylation is 1. The molecule has 0 amide bonds. The van der Waals surface area contributed by atoms with E-state index in [1.54, 1.807) is 6.20 Å². The van der Waals surface area contributed by atoms with E-state index in [0.717, 1.165) is 23.1 Å². The first-order chi connectivity index (χ1) is 6.09. The summed E-state index contributed by atoms with van der Waals surface area (Å²) in [6.07, 6.45) is 3.69. The first-order valence-corrected chi connectivity index (χ1v) is 5.43. The van der Waals surface area contributed by atoms with Gasteiger partial charge in [-0.2, -0.15) is 0 Å². The molecule has 0 fully saturated rings. The van der Waals surface area contributed by atoms with Crippen molar-refractivity contribution in [3.8, 4) is 0 Å². The van der Waals surface area contributed by atoms with Gasteiger partial charge in [0.1, 0.15) is 11.0 Å². The van der Waals surface area contributed by atoms with Crippen LogP contribution in [0.15, 0.2) is 10.7 Å². The summed E-state index contributed by atoms with van der Waals surface area (Å²) in [4.78, 5) is 8.32. The molecule has 1 rings (SSSR count). The van der Waals surface area contributed by atoms with Crippen molar-refractivity contribution >= 4 is 27.5 Å². The molecule has 0 aliphatic carbocycles. The quantitative estimate of drug-likeness (QED) is 0.780. The average molecular weight is 264 g/mol. The molecule has 0 aromatic carbocycles. The van der Waals surface area contributed by atoms with Crippen molar-refractivity contribution in [2.24, 2.45) is 5.92 Å². The van der Waals surface area contributed by atoms with Gasteiger partial charge in [0.2, 0.25) is 0 Å². The van der Waals surface area contributed by atoms with Gasteiger partial charge in [-0.05, 0) is 28.3 Å². The van der Waals surface area contributed by atoms with Crippen molar-refractivity contribution in [1.82, 2.24) is 9.97 Å². The van der Waals surface area contributed by atoms with Gasteiger partial charge in [0.25, 0.3) is 0 Å². The monoisotopic (exact) mass is 262 g/mol. The number of halogens is 2. The molecule has 72 valence electrons. The Hall–Kier alpha value is -0.150. The number of rotatable bonds is 3. The fraction of sp³-hybridized carbons (Fsp3) is 0.556. The smallest absolute Gasteiger partial charge is 0.146 e. The largest absolute Gasteiger partial charge is 0.240 e. The lowest BCUT2D eigenvalue weighted by Gasteiger charge is -2.03. The first kappa shape index (κ1) is 10.9. The Labute approximate surface area is 91.9 Å². The number of hydrogen-bond acceptors (Lipinski definition) is 2. The second-order valence-corrected chi connectivity index (χ2v) is 4.57. The normalized spacial score (nSPS) is 10.8. The molecular weight excluding hydrogens is 251 g/mol. The summed E-state index contributed by atoms with van der Waals surface area (Å²) in [7, 11) is 0. The molecule has 2 nitrogen and oxygen atoms in total. The molecule has 1 heterocycles. The van der Waals surface area contributed by atoms with Gasteiger partial charge in [-0.3, -0.25) is 0 Å². The van der Waals surface area contributed by atoms with E-state index in [1.807, 2.05) is 0 Å². The lowest BCUT2D eigenvalue weighted by Crippen LogP contribution is -1.98. The maximum absolute atomic E-state index is 5.83. The molecule has 0 aliphatic rings. The van der Waals surface area contributed by atoms with Crippen molar-refractivity contribution < 1.29 is 0 Å². The van der Waals surface area contributed by atoms with E-state index in [9.17, 15) is 0 Å². The standard InChI is InChI=1S/C9H12BrClN2/c1-6(2)3-4-8-12-5-7(10)9(11)13-8/h5-6H,3-4H2,1-2H3. The molecule has 0 aliphatic heterocycles. The Morgan fingerprint density at radius 2 is 2.23 bits per heavy atom. The third kappa shape index (κ3) is 3.61. The molecule has 0 N–H and O–H groups in total. The molecule has 0 saturated carbocycles. The van der Waals surface area contributed by atoms with Crippen molar-refractivity contribution in [2.45, 2.75) is 26.7 Å². The van der Waals surface area contributed by atoms with E-state index in [-0.39, 0.29) is 0 Å². The molecule has 0 bridgehead atoms. The van der Waals surface area contributed by atoms with Gasteiger partial charge >= 0.3 is 0 Å². The van der Waals surface area contributed by atoms with Crippen LogP contribution in [0.3, 0.4) is 0 Å². The van der Waals surface area contributed by atoms with Gasteiger partial charge in [0, 0.05) is 12.6 Å². The van der Waals surface area contributed by atoms with Crippen LogP contribution >= 0.6 is 27.5 Å². The first-order valence-electron chi connectivity index (χ1n) is 4.26. The summed E-state index contributed by atoms with van der Waals surface area (Å²) in [6.45, 7) is 4.36. The van der Waals surface area contributed by atoms with Crippen LogP contribution in [0.1, 0.15) is 26.1 Å². The maximum atomic E-state index is 5.83. The summed E-state index contributed by atoms with van der Waals surface area (Å²) in [6, 6.07) is 0. The number of aromatic nitrogens is 2. The number of hydrogen-bond donors (Lipinski definition) is 0. The third-order valence-electron chi connectivity index (χ3n) is 1.70. The van der Waals surface area contributed by atoms with Gasteiger partial charge < -0.3 is 0 Å². The van der Waals surface area contributed by atoms with E-state index in [2.05, 4.69) is 39.7 Å². The average Bonchev–Trinajstić information content (AvgIpc) is 2.07. The van der Waals surface area contributed by atoms with E-state index in [4.69, 9.17) is 11.6 Å². The van der Waals surface area contributed by atoms with Crippen molar-refractivity contribution in [3.63, 3.8) is 0 Å². The van der Waals surface area contributed by atoms with Gasteiger partial charge in [0.05, 0.1) is 4.47 Å². The summed E-state index contributed by atoms with van der Waals surface area (Å²) in [5.74, 6) is 1.49. The lowest BCUT2D eigenvalue weighted by atomic mass is 10.1. The highest BCUT2D eigenvalue weighted by molar-refractivity contribution is 9.10. The fourth-order valence-corrected chi connectivity index (χ4v) is 1.26. The van der Waals surface area contributed by atoms with Crippen LogP contribution in [0.4, 0.5) is 0 Å². The molecule has 0 radical (unpaired) electrons. The molecular formula is C9H12BrClN2. The van der Waals surface area contributed by atoms with E-state index in [0.29, 0.717) is 11.1 Å². The molecule has 1 aromatic heterocycles. The minimum absolute atomic E-state index is 0.494. The van der Waals surface area contributed by atoms with Crippen LogP contribution in [0.5, 0.6) is 0 Å². The molecule has 4 heteroatoms. The third-order valence-corrected chi connectivity index (χ3v) is 2.79. The zero-order valence-corrected chi connectivity index (χ0v) is 10.1. The summed E-state index contributed by atoms with van der Waals surface area (Å²) in [5.41, 5.74) is 0. The molecule has 0 saturated heterocycles. The Bertz CT molecular complexity index is 289. The van der Waals surface area contributed by atoms with Crippen LogP contribution in [-0.4, -0.2) is 9.97 Å². The second kappa shape index (κ2) is 4.91. The van der Waals surface area contributed by atoms with Gasteiger partial charge in [-0.15, -0.1) is 0 Å². The van der Waals surface area contributed by atoms with Crippen molar-refractivity contribution in [2.75, 3.05) is 0 Å². The predicted molar refractivity (Wildman–Crippen MR) is 57.9 cm³/mol. The van der Waals surface area contributed by atoms with Crippen LogP contribution in [0.2, 0.25) is 5.15 Å². The highest BCUT2D eigenvalue weighted by Crippen LogP contribution is 2.18. The van der Waals surface area contributed by atoms with E-state index >= 15 is 0 Å². The van der Waals surface area contributed by atoms with Gasteiger partial charge in [0.15, 0.2) is 0 Å². The zero-order valence-electron chi connectivity index (χ0n) is 7.72. The Morgan fingerprint density at radius 3 is 2.77 bits per heavy atom. The summed E-state index contributed by atoms with van der Waals surface area (Å²) < 4.78 is 0.752. The van der Waals surface area contributed by atoms with Crippen LogP contribution in [0.25, 0.3) is 0 Å². The van der Waals surface area contributed by atoms with Crippen molar-refractivity contribution in [3.05, 3.63) is 21.6 Å². The highest BCUT2D eigenvalue weighted by Gasteiger charge is 2.03. The maximum Gasteiger partial charge on any atom is 0.146 e. The van der Waals surface area contributed by atoms with Crippen molar-refractivity contribution in [1.29, 1.82) is 0 Å². The molecule has 1 aromatic rings. The summed E-state index contributed by atoms with van der Waals surface area (Å²) >= 11 is 9.08. The molecule has 13 heavy (non-hydrogen) atoms. The molecule has 0 unspecified atom stereocenters. The lowest BCUT2D eigenvalue weighted by molar-refractivity contribution is 0.574. The van der Waals surface area contributed by atoms with Crippen LogP contribution in [0, 0.1) is 5.92 Å².